The van der Waals surface area contributed by atoms with E-state index < -0.39 is 58.6 Å². The lowest BCUT2D eigenvalue weighted by molar-refractivity contribution is 0.0975. The standard InChI is InChI=1S/C56H26F4N2O8S3/c57-39-15-27-11-33-34(12-28(27)16-40(39)58)48(64)37(47(33)63)19-31-21-43-51(71-31)53-45(61(43)55(67)69-23-25-7-3-1-4-8-25)46-54(73-53)52-44(62(46)56(68)70-24-26-9-5-2-6-10-26)22-32(72-52)20-38-49(65)35-13-29-17-41(59)42(60)18-30(29)14-36(35)50(38)66/h1-22H,23-24H2. The van der Waals surface area contributed by atoms with Crippen molar-refractivity contribution >= 4 is 144 Å². The zero-order valence-electron chi connectivity index (χ0n) is 37.0. The number of carbonyl (C=O) groups excluding carboxylic acids is 6. The predicted octanol–water partition coefficient (Wildman–Crippen LogP) is 14.2. The van der Waals surface area contributed by atoms with Gasteiger partial charge in [0.2, 0.25) is 0 Å². The fourth-order valence-electron chi connectivity index (χ4n) is 9.60. The number of ketones is 4. The molecule has 0 aliphatic heterocycles. The number of nitrogens with zero attached hydrogens (tertiary/aromatic N) is 2. The summed E-state index contributed by atoms with van der Waals surface area (Å²) in [4.78, 5) is 85.5. The number of rotatable bonds is 6. The third-order valence-electron chi connectivity index (χ3n) is 13.0. The van der Waals surface area contributed by atoms with Crippen molar-refractivity contribution in [2.75, 3.05) is 0 Å². The summed E-state index contributed by atoms with van der Waals surface area (Å²) in [7, 11) is 0. The number of carbonyl (C=O) groups is 6. The Balaban J connectivity index is 0.973. The molecule has 0 unspecified atom stereocenters. The number of hydrogen-bond donors (Lipinski definition) is 0. The van der Waals surface area contributed by atoms with Crippen molar-refractivity contribution in [2.45, 2.75) is 13.2 Å². The smallest absolute Gasteiger partial charge is 0.419 e. The Labute approximate surface area is 418 Å². The van der Waals surface area contributed by atoms with E-state index in [2.05, 4.69) is 0 Å². The molecule has 0 spiro atoms. The molecule has 11 aromatic rings. The maximum Gasteiger partial charge on any atom is 0.419 e. The average Bonchev–Trinajstić information content (AvgIpc) is 4.25. The van der Waals surface area contributed by atoms with Gasteiger partial charge >= 0.3 is 12.2 Å². The first kappa shape index (κ1) is 44.3. The third-order valence-corrected chi connectivity index (χ3v) is 16.6. The molecule has 2 aliphatic rings. The van der Waals surface area contributed by atoms with Crippen molar-refractivity contribution in [2.24, 2.45) is 0 Å². The van der Waals surface area contributed by atoms with Gasteiger partial charge in [0.25, 0.3) is 0 Å². The van der Waals surface area contributed by atoms with Gasteiger partial charge in [-0.15, -0.1) is 34.0 Å². The summed E-state index contributed by atoms with van der Waals surface area (Å²) in [6, 6.07) is 30.6. The molecular weight excluding hydrogens is 1000 g/mol. The molecule has 0 saturated carbocycles. The Morgan fingerprint density at radius 3 is 1.10 bits per heavy atom. The molecule has 5 aromatic heterocycles. The molecule has 2 aliphatic carbocycles. The van der Waals surface area contributed by atoms with Crippen LogP contribution in [0, 0.1) is 23.3 Å². The van der Waals surface area contributed by atoms with Crippen LogP contribution in [-0.2, 0) is 22.7 Å². The lowest BCUT2D eigenvalue weighted by Crippen LogP contribution is -2.16. The fraction of sp³-hybridized carbons (Fsp3) is 0.0357. The molecule has 6 aromatic carbocycles. The van der Waals surface area contributed by atoms with Gasteiger partial charge in [0.1, 0.15) is 13.2 Å². The summed E-state index contributed by atoms with van der Waals surface area (Å²) in [5, 5.41) is 0.967. The maximum atomic E-state index is 14.6. The van der Waals surface area contributed by atoms with Crippen LogP contribution in [0.15, 0.2) is 132 Å². The summed E-state index contributed by atoms with van der Waals surface area (Å²) in [5.74, 6) is -6.84. The second kappa shape index (κ2) is 16.5. The van der Waals surface area contributed by atoms with Crippen LogP contribution < -0.4 is 0 Å². The van der Waals surface area contributed by atoms with Gasteiger partial charge in [0.05, 0.1) is 52.0 Å². The Morgan fingerprint density at radius 2 is 0.767 bits per heavy atom. The minimum absolute atomic E-state index is 0.0380. The number of thiophene rings is 3. The highest BCUT2D eigenvalue weighted by Crippen LogP contribution is 2.50. The van der Waals surface area contributed by atoms with Crippen LogP contribution in [0.4, 0.5) is 27.2 Å². The second-order valence-corrected chi connectivity index (χ2v) is 20.6. The van der Waals surface area contributed by atoms with Crippen LogP contribution in [0.1, 0.15) is 62.3 Å². The largest absolute Gasteiger partial charge is 0.444 e. The van der Waals surface area contributed by atoms with Gasteiger partial charge in [-0.05, 0) is 105 Å². The van der Waals surface area contributed by atoms with Crippen molar-refractivity contribution in [1.29, 1.82) is 0 Å². The molecular formula is C56H26F4N2O8S3. The van der Waals surface area contributed by atoms with Crippen LogP contribution >= 0.6 is 34.0 Å². The van der Waals surface area contributed by atoms with Crippen LogP contribution in [0.3, 0.4) is 0 Å². The molecule has 0 atom stereocenters. The normalized spacial score (nSPS) is 13.5. The SMILES string of the molecule is O=C1C(=Cc2cc3c(s2)c2sc4c5sc(C=C6C(=O)c7cc8cc(F)c(F)cc8cc7C6=O)cc5n(C(=O)OCc5ccccc5)c4c2n3C(=O)OCc2ccccc2)C(=O)c2cc3cc(F)c(F)cc3cc21. The molecule has 0 fully saturated rings. The van der Waals surface area contributed by atoms with E-state index in [4.69, 9.17) is 9.47 Å². The molecule has 73 heavy (non-hydrogen) atoms. The molecule has 0 amide bonds. The lowest BCUT2D eigenvalue weighted by Gasteiger charge is -2.10. The van der Waals surface area contributed by atoms with Gasteiger partial charge in [-0.2, -0.15) is 0 Å². The molecule has 0 radical (unpaired) electrons. The lowest BCUT2D eigenvalue weighted by atomic mass is 10.0. The monoisotopic (exact) mass is 1030 g/mol. The summed E-state index contributed by atoms with van der Waals surface area (Å²) in [5.41, 5.74) is 2.49. The van der Waals surface area contributed by atoms with Crippen molar-refractivity contribution in [3.8, 4) is 0 Å². The Bertz CT molecular complexity index is 4040. The zero-order valence-corrected chi connectivity index (χ0v) is 39.5. The Hall–Kier alpha value is -8.64. The molecule has 0 bridgehead atoms. The molecule has 10 nitrogen and oxygen atoms in total. The maximum absolute atomic E-state index is 14.6. The summed E-state index contributed by atoms with van der Waals surface area (Å²) < 4.78 is 73.5. The molecule has 17 heteroatoms. The van der Waals surface area contributed by atoms with Gasteiger partial charge in [0.15, 0.2) is 46.4 Å². The first-order valence-corrected chi connectivity index (χ1v) is 24.7. The van der Waals surface area contributed by atoms with E-state index in [9.17, 15) is 46.3 Å². The van der Waals surface area contributed by atoms with Gasteiger partial charge in [-0.3, -0.25) is 19.2 Å². The topological polar surface area (TPSA) is 131 Å². The van der Waals surface area contributed by atoms with Crippen LogP contribution in [0.2, 0.25) is 0 Å². The van der Waals surface area contributed by atoms with Crippen LogP contribution in [-0.4, -0.2) is 44.5 Å². The van der Waals surface area contributed by atoms with E-state index in [-0.39, 0.29) is 68.2 Å². The number of hydrogen-bond acceptors (Lipinski definition) is 11. The number of aromatic nitrogens is 2. The number of ether oxygens (including phenoxy) is 2. The Morgan fingerprint density at radius 1 is 0.438 bits per heavy atom. The van der Waals surface area contributed by atoms with Crippen molar-refractivity contribution in [3.05, 3.63) is 199 Å². The highest BCUT2D eigenvalue weighted by atomic mass is 32.1. The first-order chi connectivity index (χ1) is 35.3. The predicted molar refractivity (Wildman–Crippen MR) is 271 cm³/mol. The number of halogens is 4. The third kappa shape index (κ3) is 6.94. The average molecular weight is 1030 g/mol. The van der Waals surface area contributed by atoms with Crippen LogP contribution in [0.5, 0.6) is 0 Å². The highest BCUT2D eigenvalue weighted by molar-refractivity contribution is 7.34. The van der Waals surface area contributed by atoms with E-state index >= 15 is 0 Å². The highest BCUT2D eigenvalue weighted by Gasteiger charge is 2.37. The first-order valence-electron chi connectivity index (χ1n) is 22.2. The van der Waals surface area contributed by atoms with E-state index in [0.717, 1.165) is 24.3 Å². The molecule has 354 valence electrons. The van der Waals surface area contributed by atoms with E-state index in [0.29, 0.717) is 61.7 Å². The number of benzene rings is 6. The number of Topliss-reactive ketones (excluding diaryl/α,β-unsaturated/α-hetero) is 4. The minimum atomic E-state index is -1.10. The second-order valence-electron chi connectivity index (χ2n) is 17.4. The van der Waals surface area contributed by atoms with Crippen LogP contribution in [0.25, 0.3) is 74.6 Å². The Kier molecular flexibility index (Phi) is 9.99. The zero-order chi connectivity index (χ0) is 50.1. The molecule has 5 heterocycles. The quantitative estimate of drug-likeness (QED) is 0.0914. The van der Waals surface area contributed by atoms with E-state index in [1.807, 2.05) is 12.1 Å². The minimum Gasteiger partial charge on any atom is -0.444 e. The summed E-state index contributed by atoms with van der Waals surface area (Å²) >= 11 is 3.62. The fourth-order valence-corrected chi connectivity index (χ4v) is 13.3. The summed E-state index contributed by atoms with van der Waals surface area (Å²) in [6.07, 6.45) is 1.23. The van der Waals surface area contributed by atoms with Gasteiger partial charge in [-0.25, -0.2) is 36.3 Å². The van der Waals surface area contributed by atoms with Gasteiger partial charge in [-0.1, -0.05) is 60.7 Å². The van der Waals surface area contributed by atoms with Crippen molar-refractivity contribution in [3.63, 3.8) is 0 Å². The van der Waals surface area contributed by atoms with Crippen molar-refractivity contribution < 1.29 is 55.8 Å². The number of fused-ring (bicyclic) bond motifs is 11. The van der Waals surface area contributed by atoms with Crippen molar-refractivity contribution in [1.82, 2.24) is 9.13 Å². The summed E-state index contributed by atoms with van der Waals surface area (Å²) in [6.45, 7) is -0.228. The molecule has 0 saturated heterocycles. The van der Waals surface area contributed by atoms with E-state index in [1.165, 1.54) is 79.6 Å². The van der Waals surface area contributed by atoms with E-state index in [1.54, 1.807) is 60.7 Å². The van der Waals surface area contributed by atoms with Gasteiger partial charge in [0, 0.05) is 32.0 Å². The molecule has 0 N–H and O–H groups in total. The van der Waals surface area contributed by atoms with Gasteiger partial charge < -0.3 is 9.47 Å². The molecule has 13 rings (SSSR count). The number of allylic oxidation sites excluding steroid dienone is 2.